The molecular weight excluding hydrogens is 395 g/mol. The average Bonchev–Trinajstić information content (AvgIpc) is 3.33. The topological polar surface area (TPSA) is 93.1 Å². The highest BCUT2D eigenvalue weighted by Gasteiger charge is 2.30. The number of nitrogens with zero attached hydrogens (tertiary/aromatic N) is 2. The fourth-order valence-electron chi connectivity index (χ4n) is 2.81. The van der Waals surface area contributed by atoms with Gasteiger partial charge in [-0.05, 0) is 54.8 Å². The molecule has 0 bridgehead atoms. The van der Waals surface area contributed by atoms with Gasteiger partial charge in [-0.2, -0.15) is 5.10 Å². The summed E-state index contributed by atoms with van der Waals surface area (Å²) in [4.78, 5) is 11.9. The van der Waals surface area contributed by atoms with E-state index < -0.39 is 26.6 Å². The summed E-state index contributed by atoms with van der Waals surface area (Å²) in [5.41, 5.74) is 1.83. The van der Waals surface area contributed by atoms with Gasteiger partial charge in [0.05, 0.1) is 5.69 Å². The minimum absolute atomic E-state index is 0.0794. The Bertz CT molecular complexity index is 1130. The third kappa shape index (κ3) is 4.52. The lowest BCUT2D eigenvalue weighted by atomic mass is 10.2. The van der Waals surface area contributed by atoms with Crippen LogP contribution in [0, 0.1) is 5.82 Å². The van der Waals surface area contributed by atoms with Crippen LogP contribution in [0.1, 0.15) is 28.8 Å². The molecule has 1 saturated carbocycles. The highest BCUT2D eigenvalue weighted by atomic mass is 32.2. The number of hydrogen-bond acceptors (Lipinski definition) is 4. The van der Waals surface area contributed by atoms with Gasteiger partial charge in [-0.3, -0.25) is 4.79 Å². The summed E-state index contributed by atoms with van der Waals surface area (Å²) in [6.07, 6.45) is 4.99. The molecule has 1 heterocycles. The monoisotopic (exact) mass is 414 g/mol. The zero-order chi connectivity index (χ0) is 20.4. The van der Waals surface area contributed by atoms with Gasteiger partial charge >= 0.3 is 0 Å². The molecular formula is C20H19FN4O3S. The van der Waals surface area contributed by atoms with Crippen molar-refractivity contribution in [2.45, 2.75) is 30.3 Å². The Labute approximate surface area is 167 Å². The van der Waals surface area contributed by atoms with E-state index in [9.17, 15) is 17.6 Å². The van der Waals surface area contributed by atoms with Gasteiger partial charge in [0.1, 0.15) is 10.7 Å². The summed E-state index contributed by atoms with van der Waals surface area (Å²) < 4.78 is 42.8. The predicted molar refractivity (Wildman–Crippen MR) is 104 cm³/mol. The van der Waals surface area contributed by atoms with E-state index in [0.717, 1.165) is 36.2 Å². The van der Waals surface area contributed by atoms with Gasteiger partial charge in [0, 0.05) is 30.5 Å². The Kier molecular flexibility index (Phi) is 5.16. The number of carbonyl (C=O) groups is 1. The maximum Gasteiger partial charge on any atom is 0.251 e. The van der Waals surface area contributed by atoms with Gasteiger partial charge in [0.25, 0.3) is 5.91 Å². The second-order valence-corrected chi connectivity index (χ2v) is 8.52. The predicted octanol–water partition coefficient (Wildman–Crippen LogP) is 2.38. The second kappa shape index (κ2) is 7.76. The van der Waals surface area contributed by atoms with E-state index in [1.165, 1.54) is 6.07 Å². The second-order valence-electron chi connectivity index (χ2n) is 6.84. The van der Waals surface area contributed by atoms with E-state index in [2.05, 4.69) is 15.1 Å². The third-order valence-corrected chi connectivity index (χ3v) is 6.08. The van der Waals surface area contributed by atoms with E-state index in [4.69, 9.17) is 0 Å². The minimum Gasteiger partial charge on any atom is -0.348 e. The van der Waals surface area contributed by atoms with Crippen molar-refractivity contribution in [3.05, 3.63) is 77.9 Å². The molecule has 0 unspecified atom stereocenters. The largest absolute Gasteiger partial charge is 0.348 e. The van der Waals surface area contributed by atoms with E-state index in [-0.39, 0.29) is 18.2 Å². The molecule has 1 aliphatic carbocycles. The van der Waals surface area contributed by atoms with Crippen LogP contribution in [0.15, 0.2) is 65.8 Å². The van der Waals surface area contributed by atoms with Gasteiger partial charge in [0.2, 0.25) is 10.0 Å². The fraction of sp³-hybridized carbons (Fsp3) is 0.200. The van der Waals surface area contributed by atoms with Crippen LogP contribution in [0.25, 0.3) is 5.69 Å². The Hall–Kier alpha value is -3.04. The molecule has 0 radical (unpaired) electrons. The molecule has 29 heavy (non-hydrogen) atoms. The Balaban J connectivity index is 1.44. The van der Waals surface area contributed by atoms with Crippen LogP contribution < -0.4 is 10.0 Å². The first-order valence-corrected chi connectivity index (χ1v) is 10.6. The minimum atomic E-state index is -3.99. The van der Waals surface area contributed by atoms with Gasteiger partial charge in [0.15, 0.2) is 0 Å². The summed E-state index contributed by atoms with van der Waals surface area (Å²) in [7, 11) is -3.99. The maximum atomic E-state index is 14.0. The molecule has 4 rings (SSSR count). The van der Waals surface area contributed by atoms with E-state index >= 15 is 0 Å². The van der Waals surface area contributed by atoms with Crippen LogP contribution in [-0.2, 0) is 16.6 Å². The highest BCUT2D eigenvalue weighted by molar-refractivity contribution is 7.89. The SMILES string of the molecule is O=C(NCc1ccc(-n2cccn2)cc1)c1ccc(F)c(S(=O)(=O)NC2CC2)c1. The molecule has 1 aliphatic rings. The Morgan fingerprint density at radius 3 is 2.59 bits per heavy atom. The average molecular weight is 414 g/mol. The maximum absolute atomic E-state index is 14.0. The number of carbonyl (C=O) groups excluding carboxylic acids is 1. The number of hydrogen-bond donors (Lipinski definition) is 2. The Morgan fingerprint density at radius 1 is 1.17 bits per heavy atom. The number of halogens is 1. The molecule has 7 nitrogen and oxygen atoms in total. The lowest BCUT2D eigenvalue weighted by Crippen LogP contribution is -2.28. The van der Waals surface area contributed by atoms with Crippen LogP contribution in [0.2, 0.25) is 0 Å². The summed E-state index contributed by atoms with van der Waals surface area (Å²) >= 11 is 0. The van der Waals surface area contributed by atoms with Crippen molar-refractivity contribution in [2.24, 2.45) is 0 Å². The van der Waals surface area contributed by atoms with E-state index in [1.807, 2.05) is 36.5 Å². The number of sulfonamides is 1. The standard InChI is InChI=1S/C20H19FN4O3S/c21-18-9-4-15(12-19(18)29(27,28)24-16-5-6-16)20(26)22-13-14-2-7-17(8-3-14)25-11-1-10-23-25/h1-4,7-12,16,24H,5-6,13H2,(H,22,26). The first-order valence-electron chi connectivity index (χ1n) is 9.11. The number of nitrogens with one attached hydrogen (secondary N) is 2. The number of amides is 1. The summed E-state index contributed by atoms with van der Waals surface area (Å²) in [6.45, 7) is 0.248. The first-order chi connectivity index (χ1) is 13.9. The molecule has 1 amide bonds. The normalized spacial score (nSPS) is 14.0. The molecule has 0 spiro atoms. The lowest BCUT2D eigenvalue weighted by molar-refractivity contribution is 0.0950. The van der Waals surface area contributed by atoms with Crippen molar-refractivity contribution in [3.63, 3.8) is 0 Å². The van der Waals surface area contributed by atoms with Crippen LogP contribution >= 0.6 is 0 Å². The molecule has 1 fully saturated rings. The molecule has 0 atom stereocenters. The van der Waals surface area contributed by atoms with Crippen molar-refractivity contribution < 1.29 is 17.6 Å². The quantitative estimate of drug-likeness (QED) is 0.621. The van der Waals surface area contributed by atoms with E-state index in [0.29, 0.717) is 0 Å². The van der Waals surface area contributed by atoms with Crippen LogP contribution in [-0.4, -0.2) is 30.1 Å². The zero-order valence-electron chi connectivity index (χ0n) is 15.4. The van der Waals surface area contributed by atoms with Gasteiger partial charge in [-0.25, -0.2) is 22.2 Å². The molecule has 1 aromatic heterocycles. The van der Waals surface area contributed by atoms with Crippen molar-refractivity contribution in [3.8, 4) is 5.69 Å². The molecule has 0 saturated heterocycles. The smallest absolute Gasteiger partial charge is 0.251 e. The lowest BCUT2D eigenvalue weighted by Gasteiger charge is -2.10. The summed E-state index contributed by atoms with van der Waals surface area (Å²) in [6, 6.07) is 12.5. The van der Waals surface area contributed by atoms with Crippen LogP contribution in [0.4, 0.5) is 4.39 Å². The van der Waals surface area contributed by atoms with E-state index in [1.54, 1.807) is 10.9 Å². The summed E-state index contributed by atoms with van der Waals surface area (Å²) in [5.74, 6) is -1.37. The highest BCUT2D eigenvalue weighted by Crippen LogP contribution is 2.24. The molecule has 2 aromatic carbocycles. The van der Waals surface area contributed by atoms with Gasteiger partial charge in [-0.15, -0.1) is 0 Å². The zero-order valence-corrected chi connectivity index (χ0v) is 16.2. The van der Waals surface area contributed by atoms with Crippen molar-refractivity contribution in [1.82, 2.24) is 19.8 Å². The van der Waals surface area contributed by atoms with Crippen molar-refractivity contribution in [2.75, 3.05) is 0 Å². The summed E-state index contributed by atoms with van der Waals surface area (Å²) in [5, 5.41) is 6.87. The number of benzene rings is 2. The molecule has 2 N–H and O–H groups in total. The molecule has 150 valence electrons. The van der Waals surface area contributed by atoms with Crippen molar-refractivity contribution >= 4 is 15.9 Å². The Morgan fingerprint density at radius 2 is 1.93 bits per heavy atom. The molecule has 9 heteroatoms. The molecule has 0 aliphatic heterocycles. The molecule has 3 aromatic rings. The number of aromatic nitrogens is 2. The van der Waals surface area contributed by atoms with Gasteiger partial charge < -0.3 is 5.32 Å². The van der Waals surface area contributed by atoms with Crippen molar-refractivity contribution in [1.29, 1.82) is 0 Å². The number of rotatable bonds is 7. The first kappa shape index (κ1) is 19.3. The third-order valence-electron chi connectivity index (χ3n) is 4.54. The fourth-order valence-corrected chi connectivity index (χ4v) is 4.22. The van der Waals surface area contributed by atoms with Crippen LogP contribution in [0.3, 0.4) is 0 Å². The van der Waals surface area contributed by atoms with Crippen LogP contribution in [0.5, 0.6) is 0 Å². The van der Waals surface area contributed by atoms with Gasteiger partial charge in [-0.1, -0.05) is 12.1 Å².